The van der Waals surface area contributed by atoms with Crippen LogP contribution in [0, 0.1) is 0 Å². The molecule has 50 valence electrons. The maximum Gasteiger partial charge on any atom is 0.0569 e. The third-order valence-electron chi connectivity index (χ3n) is 1.04. The lowest BCUT2D eigenvalue weighted by atomic mass is 10.3. The molecule has 0 saturated heterocycles. The van der Waals surface area contributed by atoms with Crippen molar-refractivity contribution in [1.82, 2.24) is 0 Å². The van der Waals surface area contributed by atoms with Gasteiger partial charge in [0.15, 0.2) is 0 Å². The predicted octanol–water partition coefficient (Wildman–Crippen LogP) is 1.87. The van der Waals surface area contributed by atoms with Gasteiger partial charge < -0.3 is 0 Å². The fraction of sp³-hybridized carbons (Fsp3) is 0. The van der Waals surface area contributed by atoms with Crippen LogP contribution in [0.5, 0.6) is 0 Å². The lowest BCUT2D eigenvalue weighted by Gasteiger charge is -1.94. The Morgan fingerprint density at radius 1 is 1.30 bits per heavy atom. The predicted molar refractivity (Wildman–Crippen MR) is 43.1 cm³/mol. The molecule has 10 heavy (non-hydrogen) atoms. The summed E-state index contributed by atoms with van der Waals surface area (Å²) >= 11 is 0. The molecule has 1 N–H and O–H groups in total. The van der Waals surface area contributed by atoms with Gasteiger partial charge in [0.25, 0.3) is 0 Å². The Hall–Kier alpha value is -1.53. The lowest BCUT2D eigenvalue weighted by Crippen LogP contribution is -1.84. The molecule has 0 aliphatic carbocycles. The fourth-order valence-electron chi connectivity index (χ4n) is 0.617. The summed E-state index contributed by atoms with van der Waals surface area (Å²) in [5.41, 5.74) is 3.69. The van der Waals surface area contributed by atoms with E-state index in [0.29, 0.717) is 0 Å². The largest absolute Gasteiger partial charge is 0.270 e. The first-order chi connectivity index (χ1) is 4.93. The lowest BCUT2D eigenvalue weighted by molar-refractivity contribution is 1.36. The van der Waals surface area contributed by atoms with E-state index in [9.17, 15) is 0 Å². The highest BCUT2D eigenvalue weighted by atomic mass is 15.3. The van der Waals surface area contributed by atoms with Gasteiger partial charge in [0.1, 0.15) is 0 Å². The summed E-state index contributed by atoms with van der Waals surface area (Å²) in [6, 6.07) is 9.65. The van der Waals surface area contributed by atoms with E-state index in [0.717, 1.165) is 5.69 Å². The van der Waals surface area contributed by atoms with Crippen LogP contribution >= 0.6 is 0 Å². The summed E-state index contributed by atoms with van der Waals surface area (Å²) in [7, 11) is 0. The first-order valence-electron chi connectivity index (χ1n) is 2.96. The van der Waals surface area contributed by atoms with Crippen LogP contribution in [-0.2, 0) is 0 Å². The van der Waals surface area contributed by atoms with Crippen molar-refractivity contribution in [3.63, 3.8) is 0 Å². The molecule has 0 unspecified atom stereocenters. The summed E-state index contributed by atoms with van der Waals surface area (Å²) in [4.78, 5) is 0. The first kappa shape index (κ1) is 6.59. The Kier molecular flexibility index (Phi) is 2.30. The van der Waals surface area contributed by atoms with Crippen LogP contribution in [0.25, 0.3) is 0 Å². The fourth-order valence-corrected chi connectivity index (χ4v) is 0.617. The van der Waals surface area contributed by atoms with E-state index >= 15 is 0 Å². The summed E-state index contributed by atoms with van der Waals surface area (Å²) in [5, 5.41) is 3.63. The van der Waals surface area contributed by atoms with Crippen molar-refractivity contribution in [2.75, 3.05) is 5.43 Å². The molecule has 0 fully saturated rings. The summed E-state index contributed by atoms with van der Waals surface area (Å²) < 4.78 is 0. The minimum absolute atomic E-state index is 0.943. The van der Waals surface area contributed by atoms with E-state index in [1.165, 1.54) is 0 Å². The molecule has 0 spiro atoms. The van der Waals surface area contributed by atoms with Crippen LogP contribution in [-0.4, -0.2) is 5.87 Å². The van der Waals surface area contributed by atoms with Crippen molar-refractivity contribution in [3.8, 4) is 0 Å². The molecule has 1 aromatic carbocycles. The second-order valence-corrected chi connectivity index (χ2v) is 1.75. The molecular weight excluding hydrogens is 124 g/mol. The van der Waals surface area contributed by atoms with E-state index in [1.807, 2.05) is 30.3 Å². The van der Waals surface area contributed by atoms with Crippen molar-refractivity contribution in [3.05, 3.63) is 36.9 Å². The number of hydrazone groups is 1. The minimum atomic E-state index is 0.943. The molecule has 0 aliphatic rings. The summed E-state index contributed by atoms with van der Waals surface area (Å²) in [6.07, 6.45) is 0. The number of rotatable bonds is 2. The van der Waals surface area contributed by atoms with Crippen molar-refractivity contribution in [1.29, 1.82) is 0 Å². The Balaban J connectivity index is 2.67. The molecule has 0 radical (unpaired) electrons. The summed E-state index contributed by atoms with van der Waals surface area (Å²) in [5.74, 6) is 2.38. The van der Waals surface area contributed by atoms with Gasteiger partial charge in [-0.2, -0.15) is 0 Å². The molecule has 0 bridgehead atoms. The number of anilines is 1. The minimum Gasteiger partial charge on any atom is -0.270 e. The smallest absolute Gasteiger partial charge is 0.0569 e. The average molecular weight is 132 g/mol. The number of hydrogen-bond donors (Lipinski definition) is 1. The number of nitrogens with zero attached hydrogens (tertiary/aromatic N) is 1. The molecule has 0 aromatic heterocycles. The third kappa shape index (κ3) is 1.77. The van der Waals surface area contributed by atoms with Crippen LogP contribution < -0.4 is 5.43 Å². The Labute approximate surface area is 59.9 Å². The Morgan fingerprint density at radius 2 is 2.00 bits per heavy atom. The van der Waals surface area contributed by atoms with Crippen molar-refractivity contribution >= 4 is 11.6 Å². The van der Waals surface area contributed by atoms with E-state index in [1.54, 1.807) is 0 Å². The van der Waals surface area contributed by atoms with Gasteiger partial charge in [-0.1, -0.05) is 18.2 Å². The highest BCUT2D eigenvalue weighted by Crippen LogP contribution is 2.03. The topological polar surface area (TPSA) is 24.4 Å². The molecule has 0 amide bonds. The third-order valence-corrected chi connectivity index (χ3v) is 1.04. The SMILES string of the molecule is C=C=NNc1ccccc1. The van der Waals surface area contributed by atoms with Gasteiger partial charge in [-0.25, -0.2) is 0 Å². The van der Waals surface area contributed by atoms with Gasteiger partial charge in [-0.05, 0) is 18.7 Å². The van der Waals surface area contributed by atoms with Crippen LogP contribution in [0.2, 0.25) is 0 Å². The first-order valence-corrected chi connectivity index (χ1v) is 2.96. The zero-order valence-electron chi connectivity index (χ0n) is 5.54. The van der Waals surface area contributed by atoms with Crippen molar-refractivity contribution in [2.24, 2.45) is 5.10 Å². The number of para-hydroxylation sites is 1. The van der Waals surface area contributed by atoms with Gasteiger partial charge >= 0.3 is 0 Å². The molecule has 0 atom stereocenters. The summed E-state index contributed by atoms with van der Waals surface area (Å²) in [6.45, 7) is 3.32. The second kappa shape index (κ2) is 3.49. The van der Waals surface area contributed by atoms with E-state index in [-0.39, 0.29) is 0 Å². The van der Waals surface area contributed by atoms with Crippen molar-refractivity contribution < 1.29 is 0 Å². The molecule has 2 nitrogen and oxygen atoms in total. The maximum atomic E-state index is 3.63. The monoisotopic (exact) mass is 132 g/mol. The molecule has 0 aliphatic heterocycles. The second-order valence-electron chi connectivity index (χ2n) is 1.75. The van der Waals surface area contributed by atoms with Gasteiger partial charge in [0.2, 0.25) is 0 Å². The van der Waals surface area contributed by atoms with Gasteiger partial charge in [-0.15, -0.1) is 5.10 Å². The maximum absolute atomic E-state index is 3.63. The highest BCUT2D eigenvalue weighted by Gasteiger charge is 1.81. The number of benzene rings is 1. The van der Waals surface area contributed by atoms with E-state index in [2.05, 4.69) is 23.0 Å². The quantitative estimate of drug-likeness (QED) is 0.482. The van der Waals surface area contributed by atoms with Crippen LogP contribution in [0.1, 0.15) is 0 Å². The number of nitrogens with one attached hydrogen (secondary N) is 1. The van der Waals surface area contributed by atoms with E-state index < -0.39 is 0 Å². The Bertz CT molecular complexity index is 235. The van der Waals surface area contributed by atoms with Gasteiger partial charge in [-0.3, -0.25) is 5.43 Å². The molecular formula is C8H8N2. The Morgan fingerprint density at radius 3 is 2.60 bits per heavy atom. The van der Waals surface area contributed by atoms with Crippen LogP contribution in [0.4, 0.5) is 5.69 Å². The zero-order chi connectivity index (χ0) is 7.23. The van der Waals surface area contributed by atoms with Gasteiger partial charge in [0, 0.05) is 5.87 Å². The van der Waals surface area contributed by atoms with Gasteiger partial charge in [0.05, 0.1) is 5.69 Å². The number of hydrogen-bond acceptors (Lipinski definition) is 2. The van der Waals surface area contributed by atoms with Crippen molar-refractivity contribution in [2.45, 2.75) is 0 Å². The van der Waals surface area contributed by atoms with E-state index in [4.69, 9.17) is 0 Å². The van der Waals surface area contributed by atoms with Crippen LogP contribution in [0.15, 0.2) is 42.0 Å². The standard InChI is InChI=1S/C8H8N2/c1-2-9-10-8-6-4-3-5-7-8/h3-7,10H,1H2. The molecule has 1 aromatic rings. The average Bonchev–Trinajstić information content (AvgIpc) is 2.03. The van der Waals surface area contributed by atoms with Crippen LogP contribution in [0.3, 0.4) is 0 Å². The molecule has 2 heteroatoms. The highest BCUT2D eigenvalue weighted by molar-refractivity contribution is 5.51. The molecule has 1 rings (SSSR count). The molecule has 0 heterocycles. The normalized spacial score (nSPS) is 8.00. The molecule has 0 saturated carbocycles. The zero-order valence-corrected chi connectivity index (χ0v) is 5.54.